The van der Waals surface area contributed by atoms with Crippen molar-refractivity contribution in [2.24, 2.45) is 0 Å². The van der Waals surface area contributed by atoms with E-state index < -0.39 is 26.0 Å². The van der Waals surface area contributed by atoms with Gasteiger partial charge in [-0.05, 0) is 0 Å². The van der Waals surface area contributed by atoms with Gasteiger partial charge in [0.2, 0.25) is 0 Å². The first-order valence-corrected chi connectivity index (χ1v) is 6.59. The summed E-state index contributed by atoms with van der Waals surface area (Å²) in [5.74, 6) is 0. The van der Waals surface area contributed by atoms with E-state index in [9.17, 15) is 17.5 Å². The van der Waals surface area contributed by atoms with Crippen LogP contribution >= 0.6 is 15.6 Å². The number of rotatable bonds is 4. The van der Waals surface area contributed by atoms with Gasteiger partial charge in [0.25, 0.3) is 0 Å². The summed E-state index contributed by atoms with van der Waals surface area (Å²) in [6, 6.07) is 0. The van der Waals surface area contributed by atoms with Crippen molar-refractivity contribution >= 4 is 26.0 Å². The Morgan fingerprint density at radius 3 is 1.23 bits per heavy atom. The summed E-state index contributed by atoms with van der Waals surface area (Å²) in [5, 5.41) is 0. The topological polar surface area (TPSA) is 168 Å². The van der Waals surface area contributed by atoms with Crippen molar-refractivity contribution in [2.45, 2.75) is 0 Å². The molecule has 4 N–H and O–H groups in total. The van der Waals surface area contributed by atoms with Crippen LogP contribution in [-0.4, -0.2) is 28.0 Å². The molecule has 13 heteroatoms. The monoisotopic (exact) mass is 258 g/mol. The third-order valence-electron chi connectivity index (χ3n) is 0.377. The van der Waals surface area contributed by atoms with E-state index >= 15 is 0 Å². The van der Waals surface area contributed by atoms with Crippen LogP contribution in [0.4, 0.5) is 0 Å². The zero-order valence-corrected chi connectivity index (χ0v) is 8.15. The van der Waals surface area contributed by atoms with E-state index in [1.165, 1.54) is 0 Å². The number of hydrogen-bond acceptors (Lipinski definition) is 6. The molecule has 0 rings (SSSR count). The average Bonchev–Trinajstić information content (AvgIpc) is 1.43. The summed E-state index contributed by atoms with van der Waals surface area (Å²) in [7, 11) is -16.3. The molecule has 0 radical (unpaired) electrons. The second kappa shape index (κ2) is 3.73. The maximum Gasteiger partial charge on any atom is 0.486 e. The highest BCUT2D eigenvalue weighted by Gasteiger charge is 2.33. The van der Waals surface area contributed by atoms with Crippen molar-refractivity contribution in [1.82, 2.24) is 0 Å². The molecule has 10 nitrogen and oxygen atoms in total. The van der Waals surface area contributed by atoms with Crippen LogP contribution in [0.15, 0.2) is 0 Å². The zero-order chi connectivity index (χ0) is 10.9. The van der Waals surface area contributed by atoms with E-state index in [1.54, 1.807) is 0 Å². The molecule has 0 saturated heterocycles. The highest BCUT2D eigenvalue weighted by Crippen LogP contribution is 2.44. The highest BCUT2D eigenvalue weighted by molar-refractivity contribution is 7.89. The predicted octanol–water partition coefficient (Wildman–Crippen LogP) is -1.55. The van der Waals surface area contributed by atoms with E-state index in [0.717, 1.165) is 0 Å². The first-order valence-electron chi connectivity index (χ1n) is 2.20. The Morgan fingerprint density at radius 2 is 1.08 bits per heavy atom. The van der Waals surface area contributed by atoms with Crippen molar-refractivity contribution in [1.29, 1.82) is 0 Å². The van der Waals surface area contributed by atoms with Gasteiger partial charge in [0.05, 0.1) is 0 Å². The van der Waals surface area contributed by atoms with Crippen LogP contribution in [0.3, 0.4) is 0 Å². The van der Waals surface area contributed by atoms with Crippen LogP contribution in [-0.2, 0) is 27.5 Å². The molecule has 80 valence electrons. The summed E-state index contributed by atoms with van der Waals surface area (Å²) >= 11 is 0. The summed E-state index contributed by atoms with van der Waals surface area (Å²) in [6.07, 6.45) is 0. The van der Waals surface area contributed by atoms with Crippen LogP contribution in [0.5, 0.6) is 0 Å². The highest BCUT2D eigenvalue weighted by atomic mass is 32.3. The number of phosphoric acid groups is 2. The zero-order valence-electron chi connectivity index (χ0n) is 5.54. The molecular weight excluding hydrogens is 254 g/mol. The average molecular weight is 258 g/mol. The lowest BCUT2D eigenvalue weighted by molar-refractivity contribution is 0.245. The van der Waals surface area contributed by atoms with Crippen LogP contribution in [0.2, 0.25) is 0 Å². The molecule has 0 fully saturated rings. The largest absolute Gasteiger partial charge is 0.486 e. The Hall–Kier alpha value is 0.170. The fourth-order valence-electron chi connectivity index (χ4n) is 0.251. The fraction of sp³-hybridized carbons (Fsp3) is 0. The SMILES string of the molecule is O=P(O)(O)OS(=O)(=O)OP(=O)(O)O. The van der Waals surface area contributed by atoms with Crippen LogP contribution in [0, 0.1) is 0 Å². The third-order valence-corrected chi connectivity index (χ3v) is 3.39. The van der Waals surface area contributed by atoms with Crippen molar-refractivity contribution in [3.63, 3.8) is 0 Å². The minimum Gasteiger partial charge on any atom is -0.302 e. The summed E-state index contributed by atoms with van der Waals surface area (Å²) in [4.78, 5) is 31.7. The normalized spacial score (nSPS) is 14.5. The Kier molecular flexibility index (Phi) is 3.78. The maximum atomic E-state index is 10.2. The molecule has 0 spiro atoms. The van der Waals surface area contributed by atoms with Gasteiger partial charge in [-0.15, -0.1) is 7.94 Å². The smallest absolute Gasteiger partial charge is 0.302 e. The van der Waals surface area contributed by atoms with Crippen molar-refractivity contribution in [3.8, 4) is 0 Å². The second-order valence-electron chi connectivity index (χ2n) is 1.54. The Balaban J connectivity index is 4.65. The lowest BCUT2D eigenvalue weighted by atomic mass is 15.7. The Labute approximate surface area is 71.9 Å². The fourth-order valence-corrected chi connectivity index (χ4v) is 2.51. The molecule has 0 aromatic heterocycles. The van der Waals surface area contributed by atoms with E-state index in [-0.39, 0.29) is 0 Å². The molecule has 0 aromatic rings. The van der Waals surface area contributed by atoms with Gasteiger partial charge in [-0.3, -0.25) is 0 Å². The van der Waals surface area contributed by atoms with Crippen molar-refractivity contribution in [3.05, 3.63) is 0 Å². The molecule has 0 saturated carbocycles. The van der Waals surface area contributed by atoms with Gasteiger partial charge in [-0.25, -0.2) is 9.13 Å². The molecule has 0 aliphatic heterocycles. The third kappa shape index (κ3) is 8.50. The summed E-state index contributed by atoms with van der Waals surface area (Å²) in [5.41, 5.74) is 0. The van der Waals surface area contributed by atoms with Crippen molar-refractivity contribution in [2.75, 3.05) is 0 Å². The first-order chi connectivity index (χ1) is 5.41. The quantitative estimate of drug-likeness (QED) is 0.433. The van der Waals surface area contributed by atoms with E-state index in [2.05, 4.69) is 7.94 Å². The molecule has 0 aliphatic rings. The minimum absolute atomic E-state index is 2.93. The maximum absolute atomic E-state index is 10.2. The Morgan fingerprint density at radius 1 is 0.846 bits per heavy atom. The lowest BCUT2D eigenvalue weighted by Crippen LogP contribution is -2.06. The van der Waals surface area contributed by atoms with Crippen LogP contribution in [0.1, 0.15) is 0 Å². The van der Waals surface area contributed by atoms with Gasteiger partial charge in [-0.2, -0.15) is 8.42 Å². The van der Waals surface area contributed by atoms with Crippen molar-refractivity contribution < 1.29 is 45.1 Å². The molecule has 0 bridgehead atoms. The minimum atomic E-state index is -5.43. The van der Waals surface area contributed by atoms with E-state index in [4.69, 9.17) is 19.6 Å². The number of hydrogen-bond donors (Lipinski definition) is 4. The molecule has 0 unspecified atom stereocenters. The van der Waals surface area contributed by atoms with Crippen LogP contribution in [0.25, 0.3) is 0 Å². The second-order valence-corrected chi connectivity index (χ2v) is 5.51. The molecule has 0 aromatic carbocycles. The molecular formula is H4O10P2S. The van der Waals surface area contributed by atoms with E-state index in [0.29, 0.717) is 0 Å². The molecule has 0 aliphatic carbocycles. The van der Waals surface area contributed by atoms with Gasteiger partial charge >= 0.3 is 26.0 Å². The van der Waals surface area contributed by atoms with Gasteiger partial charge in [-0.1, -0.05) is 0 Å². The molecule has 0 amide bonds. The van der Waals surface area contributed by atoms with Gasteiger partial charge < -0.3 is 19.6 Å². The molecule has 0 atom stereocenters. The van der Waals surface area contributed by atoms with Gasteiger partial charge in [0, 0.05) is 0 Å². The molecule has 0 heterocycles. The molecule has 13 heavy (non-hydrogen) atoms. The van der Waals surface area contributed by atoms with Gasteiger partial charge in [0.15, 0.2) is 0 Å². The van der Waals surface area contributed by atoms with Gasteiger partial charge in [0.1, 0.15) is 0 Å². The lowest BCUT2D eigenvalue weighted by Gasteiger charge is -2.05. The first kappa shape index (κ1) is 13.2. The summed E-state index contributed by atoms with van der Waals surface area (Å²) < 4.78 is 46.1. The van der Waals surface area contributed by atoms with Crippen LogP contribution < -0.4 is 0 Å². The predicted molar refractivity (Wildman–Crippen MR) is 35.2 cm³/mol. The van der Waals surface area contributed by atoms with E-state index in [1.807, 2.05) is 0 Å². The standard InChI is InChI=1S/H4O10P2S/c1-11(2,3)9-13(7,8)10-12(4,5)6/h(H2,1,2,3)(H2,4,5,6). The summed E-state index contributed by atoms with van der Waals surface area (Å²) in [6.45, 7) is 0. The Bertz CT molecular complexity index is 318.